The van der Waals surface area contributed by atoms with Gasteiger partial charge in [0, 0.05) is 24.1 Å². The number of nitrogens with one attached hydrogen (secondary N) is 2. The molecule has 0 radical (unpaired) electrons. The summed E-state index contributed by atoms with van der Waals surface area (Å²) >= 11 is 1.36. The fourth-order valence-corrected chi connectivity index (χ4v) is 7.26. The van der Waals surface area contributed by atoms with Gasteiger partial charge in [0.15, 0.2) is 5.13 Å². The molecule has 0 atom stereocenters. The first-order chi connectivity index (χ1) is 20.0. The Morgan fingerprint density at radius 2 is 1.88 bits per heavy atom. The quantitative estimate of drug-likeness (QED) is 0.226. The number of hydrogen-bond donors (Lipinski definition) is 3. The number of fused-ring (bicyclic) bond motifs is 3. The Morgan fingerprint density at radius 3 is 2.62 bits per heavy atom. The van der Waals surface area contributed by atoms with Gasteiger partial charge in [-0.25, -0.2) is 14.2 Å². The standard InChI is InChI=1S/C32H36FN5O3S/c1-31(2,3)18-37-15-13-32(14-16-37)19-38(28-25(39)12-10-21(33)27(28)32)24-8-6-5-7-22(24)34-29(40)36-30-35-23-11-9-20(41-4)17-26(23)42-30/h5-12,17,39H,13-16,18-19H2,1-4H3,(H2,34,35,36,40). The molecule has 0 unspecified atom stereocenters. The topological polar surface area (TPSA) is 90.0 Å². The van der Waals surface area contributed by atoms with Crippen LogP contribution in [0.15, 0.2) is 54.6 Å². The van der Waals surface area contributed by atoms with E-state index in [1.54, 1.807) is 7.11 Å². The molecule has 3 aromatic carbocycles. The minimum atomic E-state index is -0.443. The van der Waals surface area contributed by atoms with Crippen molar-refractivity contribution in [2.45, 2.75) is 39.0 Å². The van der Waals surface area contributed by atoms with Crippen LogP contribution in [0, 0.1) is 11.2 Å². The molecule has 1 saturated heterocycles. The van der Waals surface area contributed by atoms with Crippen molar-refractivity contribution in [3.05, 3.63) is 66.0 Å². The second-order valence-electron chi connectivity index (χ2n) is 12.4. The largest absolute Gasteiger partial charge is 0.506 e. The van der Waals surface area contributed by atoms with Crippen molar-refractivity contribution < 1.29 is 19.0 Å². The molecular formula is C32H36FN5O3S. The number of phenolic OH excluding ortho intramolecular Hbond substituents is 1. The maximum atomic E-state index is 15.6. The van der Waals surface area contributed by atoms with Crippen LogP contribution in [-0.4, -0.2) is 54.3 Å². The molecule has 2 aliphatic rings. The van der Waals surface area contributed by atoms with Gasteiger partial charge in [0.25, 0.3) is 0 Å². The lowest BCUT2D eigenvalue weighted by atomic mass is 9.73. The molecule has 10 heteroatoms. The normalized spacial score (nSPS) is 16.5. The number of anilines is 4. The lowest BCUT2D eigenvalue weighted by Gasteiger charge is -2.42. The summed E-state index contributed by atoms with van der Waals surface area (Å²) in [4.78, 5) is 22.1. The van der Waals surface area contributed by atoms with Crippen LogP contribution in [0.2, 0.25) is 0 Å². The average molecular weight is 590 g/mol. The number of carbonyl (C=O) groups is 1. The number of hydrogen-bond acceptors (Lipinski definition) is 7. The molecule has 2 aliphatic heterocycles. The molecular weight excluding hydrogens is 553 g/mol. The van der Waals surface area contributed by atoms with Crippen LogP contribution in [0.4, 0.5) is 31.4 Å². The summed E-state index contributed by atoms with van der Waals surface area (Å²) in [5.74, 6) is 0.453. The van der Waals surface area contributed by atoms with Crippen LogP contribution in [0.5, 0.6) is 11.5 Å². The SMILES string of the molecule is COc1ccc2nc(NC(=O)Nc3ccccc3N3CC4(CCN(CC(C)(C)C)CC4)c4c(F)ccc(O)c43)sc2c1. The third-order valence-electron chi connectivity index (χ3n) is 8.14. The fraction of sp³-hybridized carbons (Fsp3) is 0.375. The molecule has 3 N–H and O–H groups in total. The summed E-state index contributed by atoms with van der Waals surface area (Å²) < 4.78 is 21.8. The summed E-state index contributed by atoms with van der Waals surface area (Å²) in [5, 5.41) is 17.3. The number of halogens is 1. The van der Waals surface area contributed by atoms with E-state index in [9.17, 15) is 9.90 Å². The van der Waals surface area contributed by atoms with Crippen LogP contribution < -0.4 is 20.3 Å². The number of benzene rings is 3. The molecule has 0 aliphatic carbocycles. The summed E-state index contributed by atoms with van der Waals surface area (Å²) in [6.45, 7) is 9.90. The molecule has 1 spiro atoms. The Morgan fingerprint density at radius 1 is 1.12 bits per heavy atom. The van der Waals surface area contributed by atoms with Crippen molar-refractivity contribution in [2.24, 2.45) is 5.41 Å². The number of piperidine rings is 1. The summed E-state index contributed by atoms with van der Waals surface area (Å²) in [6, 6.07) is 15.3. The van der Waals surface area contributed by atoms with Crippen molar-refractivity contribution in [1.29, 1.82) is 0 Å². The first-order valence-corrected chi connectivity index (χ1v) is 15.0. The fourth-order valence-electron chi connectivity index (χ4n) is 6.37. The molecule has 220 valence electrons. The third-order valence-corrected chi connectivity index (χ3v) is 9.07. The molecule has 2 amide bonds. The molecule has 0 saturated carbocycles. The first-order valence-electron chi connectivity index (χ1n) is 14.2. The van der Waals surface area contributed by atoms with E-state index in [0.29, 0.717) is 34.3 Å². The highest BCUT2D eigenvalue weighted by Crippen LogP contribution is 2.55. The highest BCUT2D eigenvalue weighted by atomic mass is 32.1. The lowest BCUT2D eigenvalue weighted by molar-refractivity contribution is 0.124. The van der Waals surface area contributed by atoms with Gasteiger partial charge in [0.05, 0.1) is 34.4 Å². The zero-order valence-electron chi connectivity index (χ0n) is 24.3. The third kappa shape index (κ3) is 5.36. The number of methoxy groups -OCH3 is 1. The Kier molecular flexibility index (Phi) is 7.22. The highest BCUT2D eigenvalue weighted by Gasteiger charge is 2.48. The van der Waals surface area contributed by atoms with Crippen LogP contribution in [0.25, 0.3) is 10.2 Å². The number of rotatable bonds is 5. The number of thiazole rings is 1. The predicted octanol–water partition coefficient (Wildman–Crippen LogP) is 7.33. The smallest absolute Gasteiger partial charge is 0.325 e. The van der Waals surface area contributed by atoms with Gasteiger partial charge in [-0.3, -0.25) is 5.32 Å². The van der Waals surface area contributed by atoms with E-state index in [2.05, 4.69) is 41.3 Å². The van der Waals surface area contributed by atoms with Gasteiger partial charge < -0.3 is 25.0 Å². The van der Waals surface area contributed by atoms with Gasteiger partial charge >= 0.3 is 6.03 Å². The number of nitrogens with zero attached hydrogens (tertiary/aromatic N) is 3. The number of ether oxygens (including phenoxy) is 1. The maximum absolute atomic E-state index is 15.6. The number of phenols is 1. The summed E-state index contributed by atoms with van der Waals surface area (Å²) in [6.07, 6.45) is 1.57. The maximum Gasteiger partial charge on any atom is 0.325 e. The van der Waals surface area contributed by atoms with Crippen LogP contribution in [0.3, 0.4) is 0 Å². The van der Waals surface area contributed by atoms with Crippen molar-refractivity contribution in [3.63, 3.8) is 0 Å². The van der Waals surface area contributed by atoms with E-state index in [0.717, 1.165) is 48.4 Å². The van der Waals surface area contributed by atoms with E-state index in [-0.39, 0.29) is 17.0 Å². The number of para-hydroxylation sites is 2. The second kappa shape index (κ2) is 10.7. The first kappa shape index (κ1) is 28.2. The number of likely N-dealkylation sites (tertiary alicyclic amines) is 1. The van der Waals surface area contributed by atoms with Crippen molar-refractivity contribution in [3.8, 4) is 11.5 Å². The molecule has 4 aromatic rings. The Labute approximate surface area is 249 Å². The minimum Gasteiger partial charge on any atom is -0.506 e. The van der Waals surface area contributed by atoms with Crippen LogP contribution >= 0.6 is 11.3 Å². The summed E-state index contributed by atoms with van der Waals surface area (Å²) in [5.41, 5.74) is 2.80. The number of aromatic nitrogens is 1. The van der Waals surface area contributed by atoms with Gasteiger partial charge in [-0.05, 0) is 73.8 Å². The predicted molar refractivity (Wildman–Crippen MR) is 167 cm³/mol. The summed E-state index contributed by atoms with van der Waals surface area (Å²) in [7, 11) is 1.61. The number of aromatic hydroxyl groups is 1. The Bertz CT molecular complexity index is 1640. The molecule has 8 nitrogen and oxygen atoms in total. The van der Waals surface area contributed by atoms with E-state index in [1.807, 2.05) is 47.4 Å². The number of amides is 2. The van der Waals surface area contributed by atoms with Gasteiger partial charge in [-0.2, -0.15) is 0 Å². The van der Waals surface area contributed by atoms with E-state index < -0.39 is 11.4 Å². The zero-order valence-corrected chi connectivity index (χ0v) is 25.1. The van der Waals surface area contributed by atoms with Gasteiger partial charge in [-0.15, -0.1) is 0 Å². The molecule has 0 bridgehead atoms. The monoisotopic (exact) mass is 589 g/mol. The minimum absolute atomic E-state index is 0.0320. The van der Waals surface area contributed by atoms with Crippen LogP contribution in [0.1, 0.15) is 39.2 Å². The number of carbonyl (C=O) groups excluding carboxylic acids is 1. The van der Waals surface area contributed by atoms with E-state index in [1.165, 1.54) is 23.5 Å². The molecule has 1 aromatic heterocycles. The Hall–Kier alpha value is -3.89. The van der Waals surface area contributed by atoms with E-state index >= 15 is 4.39 Å². The van der Waals surface area contributed by atoms with Crippen molar-refractivity contribution >= 4 is 49.8 Å². The van der Waals surface area contributed by atoms with Crippen LogP contribution in [-0.2, 0) is 5.41 Å². The number of urea groups is 1. The van der Waals surface area contributed by atoms with Crippen molar-refractivity contribution in [2.75, 3.05) is 48.8 Å². The van der Waals surface area contributed by atoms with E-state index in [4.69, 9.17) is 4.74 Å². The molecule has 3 heterocycles. The molecule has 1 fully saturated rings. The zero-order chi connectivity index (χ0) is 29.6. The van der Waals surface area contributed by atoms with Gasteiger partial charge in [0.1, 0.15) is 17.3 Å². The highest BCUT2D eigenvalue weighted by molar-refractivity contribution is 7.22. The average Bonchev–Trinajstić information content (AvgIpc) is 3.50. The second-order valence-corrected chi connectivity index (χ2v) is 13.5. The van der Waals surface area contributed by atoms with Crippen molar-refractivity contribution in [1.82, 2.24) is 9.88 Å². The molecule has 6 rings (SSSR count). The van der Waals surface area contributed by atoms with Gasteiger partial charge in [-0.1, -0.05) is 44.2 Å². The Balaban J connectivity index is 1.27. The lowest BCUT2D eigenvalue weighted by Crippen LogP contribution is -2.47. The molecule has 42 heavy (non-hydrogen) atoms. The van der Waals surface area contributed by atoms with Gasteiger partial charge in [0.2, 0.25) is 0 Å².